The quantitative estimate of drug-likeness (QED) is 0.211. The molecule has 3 rings (SSSR count). The molecule has 0 unspecified atom stereocenters. The predicted octanol–water partition coefficient (Wildman–Crippen LogP) is 3.57. The van der Waals surface area contributed by atoms with Crippen LogP contribution in [0.3, 0.4) is 0 Å². The lowest BCUT2D eigenvalue weighted by atomic mass is 10.2. The Balaban J connectivity index is 1.54. The average molecular weight is 409 g/mol. The third-order valence-electron chi connectivity index (χ3n) is 3.70. The highest BCUT2D eigenvalue weighted by atomic mass is 32.1. The third-order valence-corrected chi connectivity index (χ3v) is 4.58. The van der Waals surface area contributed by atoms with E-state index < -0.39 is 10.9 Å². The minimum absolute atomic E-state index is 0.0818. The third kappa shape index (κ3) is 5.81. The zero-order valence-electron chi connectivity index (χ0n) is 15.0. The van der Waals surface area contributed by atoms with Crippen LogP contribution in [0.15, 0.2) is 71.1 Å². The molecule has 29 heavy (non-hydrogen) atoms. The van der Waals surface area contributed by atoms with Gasteiger partial charge in [0.05, 0.1) is 23.1 Å². The number of hydrazone groups is 1. The Morgan fingerprint density at radius 3 is 2.62 bits per heavy atom. The maximum absolute atomic E-state index is 12.1. The summed E-state index contributed by atoms with van der Waals surface area (Å²) in [5.74, 6) is -0.637. The molecule has 0 bridgehead atoms. The van der Waals surface area contributed by atoms with Crippen molar-refractivity contribution < 1.29 is 19.2 Å². The van der Waals surface area contributed by atoms with Gasteiger partial charge in [-0.15, -0.1) is 11.3 Å². The molecule has 0 spiro atoms. The first-order valence-electron chi connectivity index (χ1n) is 8.42. The second kappa shape index (κ2) is 9.38. The van der Waals surface area contributed by atoms with Gasteiger partial charge < -0.3 is 4.74 Å². The molecule has 1 heterocycles. The van der Waals surface area contributed by atoms with Gasteiger partial charge in [0, 0.05) is 17.0 Å². The van der Waals surface area contributed by atoms with Crippen LogP contribution in [0.4, 0.5) is 5.69 Å². The Morgan fingerprint density at radius 1 is 1.14 bits per heavy atom. The van der Waals surface area contributed by atoms with Gasteiger partial charge in [-0.25, -0.2) is 10.2 Å². The number of thiophene rings is 1. The maximum atomic E-state index is 12.1. The van der Waals surface area contributed by atoms with Crippen molar-refractivity contribution in [2.45, 2.75) is 6.42 Å². The van der Waals surface area contributed by atoms with Gasteiger partial charge in [0.15, 0.2) is 0 Å². The Labute approximate surface area is 169 Å². The van der Waals surface area contributed by atoms with E-state index in [1.165, 1.54) is 35.8 Å². The molecule has 146 valence electrons. The van der Waals surface area contributed by atoms with Crippen LogP contribution in [0.5, 0.6) is 5.75 Å². The highest BCUT2D eigenvalue weighted by molar-refractivity contribution is 7.10. The molecule has 0 aliphatic carbocycles. The minimum atomic E-state index is -0.698. The standard InChI is InChI=1S/C20H15N3O5S/c24-19(12-18-5-2-10-29-18)22-21-13-14-6-8-17(9-7-14)28-20(25)15-3-1-4-16(11-15)23(26)27/h1-11,13H,12H2,(H,22,24)/b21-13-. The smallest absolute Gasteiger partial charge is 0.343 e. The SMILES string of the molecule is O=C(Cc1cccs1)N/N=C\c1ccc(OC(=O)c2cccc([N+](=O)[O-])c2)cc1. The van der Waals surface area contributed by atoms with E-state index in [4.69, 9.17) is 4.74 Å². The summed E-state index contributed by atoms with van der Waals surface area (Å²) in [6, 6.07) is 15.5. The van der Waals surface area contributed by atoms with Crippen molar-refractivity contribution >= 4 is 35.1 Å². The van der Waals surface area contributed by atoms with E-state index in [1.807, 2.05) is 17.5 Å². The Bertz CT molecular complexity index is 1050. The summed E-state index contributed by atoms with van der Waals surface area (Å²) in [6.07, 6.45) is 1.74. The van der Waals surface area contributed by atoms with Gasteiger partial charge in [-0.2, -0.15) is 5.10 Å². The molecule has 1 N–H and O–H groups in total. The van der Waals surface area contributed by atoms with Crippen LogP contribution in [0, 0.1) is 10.1 Å². The van der Waals surface area contributed by atoms with Crippen LogP contribution < -0.4 is 10.2 Å². The van der Waals surface area contributed by atoms with Crippen molar-refractivity contribution in [1.82, 2.24) is 5.43 Å². The number of nitro groups is 1. The van der Waals surface area contributed by atoms with Crippen molar-refractivity contribution in [2.75, 3.05) is 0 Å². The van der Waals surface area contributed by atoms with E-state index in [0.717, 1.165) is 10.9 Å². The number of esters is 1. The van der Waals surface area contributed by atoms with Gasteiger partial charge in [0.1, 0.15) is 5.75 Å². The van der Waals surface area contributed by atoms with E-state index in [0.29, 0.717) is 5.56 Å². The van der Waals surface area contributed by atoms with Crippen LogP contribution in [-0.4, -0.2) is 23.0 Å². The molecule has 2 aromatic carbocycles. The maximum Gasteiger partial charge on any atom is 0.343 e. The molecule has 0 radical (unpaired) electrons. The number of hydrogen-bond acceptors (Lipinski definition) is 7. The zero-order valence-corrected chi connectivity index (χ0v) is 15.8. The molecule has 0 atom stereocenters. The highest BCUT2D eigenvalue weighted by Crippen LogP contribution is 2.17. The number of amides is 1. The van der Waals surface area contributed by atoms with E-state index in [-0.39, 0.29) is 29.3 Å². The summed E-state index contributed by atoms with van der Waals surface area (Å²) in [7, 11) is 0. The molecular formula is C20H15N3O5S. The predicted molar refractivity (Wildman–Crippen MR) is 108 cm³/mol. The van der Waals surface area contributed by atoms with Crippen LogP contribution in [0.25, 0.3) is 0 Å². The van der Waals surface area contributed by atoms with Gasteiger partial charge >= 0.3 is 5.97 Å². The minimum Gasteiger partial charge on any atom is -0.423 e. The van der Waals surface area contributed by atoms with Crippen LogP contribution in [0.1, 0.15) is 20.8 Å². The molecular weight excluding hydrogens is 394 g/mol. The molecule has 0 saturated heterocycles. The summed E-state index contributed by atoms with van der Waals surface area (Å²) in [5.41, 5.74) is 3.03. The number of ether oxygens (including phenoxy) is 1. The average Bonchev–Trinajstić information content (AvgIpc) is 3.22. The molecule has 0 fully saturated rings. The molecule has 8 nitrogen and oxygen atoms in total. The first-order chi connectivity index (χ1) is 14.0. The number of carbonyl (C=O) groups excluding carboxylic acids is 2. The van der Waals surface area contributed by atoms with Gasteiger partial charge in [-0.3, -0.25) is 14.9 Å². The molecule has 9 heteroatoms. The van der Waals surface area contributed by atoms with Crippen molar-refractivity contribution in [2.24, 2.45) is 5.10 Å². The lowest BCUT2D eigenvalue weighted by Crippen LogP contribution is -2.19. The van der Waals surface area contributed by atoms with E-state index in [2.05, 4.69) is 10.5 Å². The van der Waals surface area contributed by atoms with Gasteiger partial charge in [-0.1, -0.05) is 12.1 Å². The largest absolute Gasteiger partial charge is 0.423 e. The van der Waals surface area contributed by atoms with Crippen molar-refractivity contribution in [1.29, 1.82) is 0 Å². The number of non-ortho nitro benzene ring substituents is 1. The second-order valence-electron chi connectivity index (χ2n) is 5.82. The highest BCUT2D eigenvalue weighted by Gasteiger charge is 2.13. The van der Waals surface area contributed by atoms with Crippen molar-refractivity contribution in [3.8, 4) is 5.75 Å². The summed E-state index contributed by atoms with van der Waals surface area (Å²) >= 11 is 1.50. The summed E-state index contributed by atoms with van der Waals surface area (Å²) in [4.78, 5) is 35.1. The fourth-order valence-corrected chi connectivity index (χ4v) is 3.03. The topological polar surface area (TPSA) is 111 Å². The lowest BCUT2D eigenvalue weighted by molar-refractivity contribution is -0.384. The Kier molecular flexibility index (Phi) is 6.43. The number of carbonyl (C=O) groups is 2. The summed E-state index contributed by atoms with van der Waals surface area (Å²) in [6.45, 7) is 0. The van der Waals surface area contributed by atoms with Crippen LogP contribution >= 0.6 is 11.3 Å². The van der Waals surface area contributed by atoms with Gasteiger partial charge in [0.2, 0.25) is 5.91 Å². The number of rotatable bonds is 7. The van der Waals surface area contributed by atoms with E-state index >= 15 is 0 Å². The molecule has 0 aliphatic rings. The van der Waals surface area contributed by atoms with Gasteiger partial charge in [0.25, 0.3) is 5.69 Å². The first-order valence-corrected chi connectivity index (χ1v) is 9.30. The summed E-state index contributed by atoms with van der Waals surface area (Å²) in [5, 5.41) is 16.6. The van der Waals surface area contributed by atoms with Gasteiger partial charge in [-0.05, 0) is 47.3 Å². The van der Waals surface area contributed by atoms with Crippen LogP contribution in [-0.2, 0) is 11.2 Å². The number of nitrogens with one attached hydrogen (secondary N) is 1. The molecule has 1 amide bonds. The van der Waals surface area contributed by atoms with Crippen molar-refractivity contribution in [3.05, 3.63) is 92.2 Å². The fraction of sp³-hybridized carbons (Fsp3) is 0.0500. The van der Waals surface area contributed by atoms with E-state index in [9.17, 15) is 19.7 Å². The Morgan fingerprint density at radius 2 is 1.93 bits per heavy atom. The second-order valence-corrected chi connectivity index (χ2v) is 6.85. The number of nitro benzene ring substituents is 1. The number of benzene rings is 2. The molecule has 3 aromatic rings. The number of nitrogens with zero attached hydrogens (tertiary/aromatic N) is 2. The lowest BCUT2D eigenvalue weighted by Gasteiger charge is -2.04. The van der Waals surface area contributed by atoms with Crippen LogP contribution in [0.2, 0.25) is 0 Å². The fourth-order valence-electron chi connectivity index (χ4n) is 2.32. The zero-order chi connectivity index (χ0) is 20.6. The molecule has 1 aromatic heterocycles. The molecule has 0 saturated carbocycles. The monoisotopic (exact) mass is 409 g/mol. The van der Waals surface area contributed by atoms with E-state index in [1.54, 1.807) is 24.3 Å². The van der Waals surface area contributed by atoms with Crippen molar-refractivity contribution in [3.63, 3.8) is 0 Å². The first kappa shape index (κ1) is 19.9. The molecule has 0 aliphatic heterocycles. The normalized spacial score (nSPS) is 10.6. The number of hydrogen-bond donors (Lipinski definition) is 1. The summed E-state index contributed by atoms with van der Waals surface area (Å²) < 4.78 is 5.22. The Hall–Kier alpha value is -3.85.